The third-order valence-electron chi connectivity index (χ3n) is 3.68. The molecule has 26 heavy (non-hydrogen) atoms. The first kappa shape index (κ1) is 18.5. The minimum absolute atomic E-state index is 0.114. The van der Waals surface area contributed by atoms with Crippen molar-refractivity contribution in [2.45, 2.75) is 17.2 Å². The predicted octanol–water partition coefficient (Wildman–Crippen LogP) is 2.83. The molecule has 2 aromatic rings. The minimum Gasteiger partial charge on any atom is -0.472 e. The number of aromatic nitrogens is 1. The van der Waals surface area contributed by atoms with Gasteiger partial charge in [0.25, 0.3) is 0 Å². The second-order valence-corrected chi connectivity index (χ2v) is 7.37. The highest BCUT2D eigenvalue weighted by Gasteiger charge is 2.41. The van der Waals surface area contributed by atoms with Crippen molar-refractivity contribution < 1.29 is 35.1 Å². The van der Waals surface area contributed by atoms with Crippen LogP contribution in [-0.2, 0) is 16.2 Å². The van der Waals surface area contributed by atoms with Gasteiger partial charge in [-0.2, -0.15) is 17.5 Å². The molecule has 1 fully saturated rings. The topological polar surface area (TPSA) is 59.5 Å². The van der Waals surface area contributed by atoms with Gasteiger partial charge in [-0.3, -0.25) is 0 Å². The first-order valence-corrected chi connectivity index (χ1v) is 8.67. The number of hydrogen-bond acceptors (Lipinski definition) is 4. The average molecular weight is 394 g/mol. The zero-order chi connectivity index (χ0) is 19.1. The van der Waals surface area contributed by atoms with Crippen LogP contribution < -0.4 is 4.74 Å². The van der Waals surface area contributed by atoms with Crippen LogP contribution in [0.5, 0.6) is 5.88 Å². The highest BCUT2D eigenvalue weighted by Crippen LogP contribution is 2.30. The molecule has 11 heteroatoms. The van der Waals surface area contributed by atoms with Crippen molar-refractivity contribution in [1.82, 2.24) is 9.29 Å². The molecule has 0 aliphatic carbocycles. The third kappa shape index (κ3) is 3.49. The molecular weight excluding hydrogens is 383 g/mol. The summed E-state index contributed by atoms with van der Waals surface area (Å²) >= 11 is 0. The Hall–Kier alpha value is -2.27. The molecule has 3 rings (SSSR count). The molecule has 2 heterocycles. The summed E-state index contributed by atoms with van der Waals surface area (Å²) < 4.78 is 95.3. The molecule has 1 aromatic carbocycles. The number of rotatable bonds is 4. The smallest absolute Gasteiger partial charge is 0.417 e. The highest BCUT2D eigenvalue weighted by molar-refractivity contribution is 7.89. The van der Waals surface area contributed by atoms with Gasteiger partial charge >= 0.3 is 6.18 Å². The lowest BCUT2D eigenvalue weighted by molar-refractivity contribution is -0.137. The Morgan fingerprint density at radius 2 is 1.69 bits per heavy atom. The van der Waals surface area contributed by atoms with E-state index < -0.39 is 44.4 Å². The van der Waals surface area contributed by atoms with E-state index in [1.807, 2.05) is 0 Å². The van der Waals surface area contributed by atoms with Crippen LogP contribution in [0.25, 0.3) is 0 Å². The van der Waals surface area contributed by atoms with Crippen LogP contribution in [0.4, 0.5) is 22.0 Å². The van der Waals surface area contributed by atoms with E-state index in [1.54, 1.807) is 0 Å². The molecular formula is C15H11F5N2O3S. The van der Waals surface area contributed by atoms with Crippen LogP contribution in [0.1, 0.15) is 5.56 Å². The van der Waals surface area contributed by atoms with E-state index in [0.29, 0.717) is 6.20 Å². The van der Waals surface area contributed by atoms with Gasteiger partial charge in [-0.05, 0) is 18.2 Å². The molecule has 0 spiro atoms. The lowest BCUT2D eigenvalue weighted by atomic mass is 10.2. The Morgan fingerprint density at radius 1 is 1.08 bits per heavy atom. The maximum atomic E-state index is 13.7. The Morgan fingerprint density at radius 3 is 2.19 bits per heavy atom. The Kier molecular flexibility index (Phi) is 4.61. The van der Waals surface area contributed by atoms with Gasteiger partial charge < -0.3 is 4.74 Å². The van der Waals surface area contributed by atoms with Crippen molar-refractivity contribution in [1.29, 1.82) is 0 Å². The molecule has 0 amide bonds. The Labute approximate surface area is 145 Å². The van der Waals surface area contributed by atoms with Gasteiger partial charge in [0.1, 0.15) is 17.7 Å². The zero-order valence-electron chi connectivity index (χ0n) is 12.9. The average Bonchev–Trinajstić information content (AvgIpc) is 2.49. The molecule has 1 aliphatic rings. The SMILES string of the molecule is O=S(=O)(c1c(F)cccc1F)N1CC(Oc2ccc(C(F)(F)F)cn2)C1. The molecule has 0 N–H and O–H groups in total. The van der Waals surface area contributed by atoms with E-state index in [0.717, 1.165) is 34.6 Å². The van der Waals surface area contributed by atoms with E-state index in [4.69, 9.17) is 4.74 Å². The maximum absolute atomic E-state index is 13.7. The van der Waals surface area contributed by atoms with Gasteiger partial charge in [0.2, 0.25) is 15.9 Å². The predicted molar refractivity (Wildman–Crippen MR) is 78.8 cm³/mol. The van der Waals surface area contributed by atoms with Gasteiger partial charge in [-0.15, -0.1) is 0 Å². The Balaban J connectivity index is 1.66. The maximum Gasteiger partial charge on any atom is 0.417 e. The molecule has 0 saturated carbocycles. The van der Waals surface area contributed by atoms with E-state index in [2.05, 4.69) is 4.98 Å². The number of alkyl halides is 3. The fourth-order valence-electron chi connectivity index (χ4n) is 2.32. The molecule has 1 aliphatic heterocycles. The highest BCUT2D eigenvalue weighted by atomic mass is 32.2. The fourth-order valence-corrected chi connectivity index (χ4v) is 3.93. The summed E-state index contributed by atoms with van der Waals surface area (Å²) in [5.74, 6) is -2.53. The monoisotopic (exact) mass is 394 g/mol. The largest absolute Gasteiger partial charge is 0.472 e. The van der Waals surface area contributed by atoms with E-state index in [-0.39, 0.29) is 19.0 Å². The number of nitrogens with zero attached hydrogens (tertiary/aromatic N) is 2. The van der Waals surface area contributed by atoms with Gasteiger partial charge in [0, 0.05) is 12.3 Å². The summed E-state index contributed by atoms with van der Waals surface area (Å²) in [7, 11) is -4.38. The van der Waals surface area contributed by atoms with Crippen LogP contribution in [0.2, 0.25) is 0 Å². The summed E-state index contributed by atoms with van der Waals surface area (Å²) in [6.07, 6.45) is -4.63. The summed E-state index contributed by atoms with van der Waals surface area (Å²) in [6, 6.07) is 4.49. The summed E-state index contributed by atoms with van der Waals surface area (Å²) in [4.78, 5) is 2.46. The van der Waals surface area contributed by atoms with Gasteiger partial charge in [-0.25, -0.2) is 22.2 Å². The van der Waals surface area contributed by atoms with Gasteiger partial charge in [0.15, 0.2) is 4.90 Å². The molecule has 0 bridgehead atoms. The molecule has 0 radical (unpaired) electrons. The van der Waals surface area contributed by atoms with Crippen molar-refractivity contribution in [2.24, 2.45) is 0 Å². The van der Waals surface area contributed by atoms with Crippen molar-refractivity contribution in [3.63, 3.8) is 0 Å². The van der Waals surface area contributed by atoms with Gasteiger partial charge in [-0.1, -0.05) is 6.07 Å². The number of hydrogen-bond donors (Lipinski definition) is 0. The molecule has 5 nitrogen and oxygen atoms in total. The second-order valence-electron chi connectivity index (χ2n) is 5.50. The summed E-state index contributed by atoms with van der Waals surface area (Å²) in [5, 5.41) is 0. The standard InChI is InChI=1S/C15H11F5N2O3S/c16-11-2-1-3-12(17)14(11)26(23,24)22-7-10(8-22)25-13-5-4-9(6-21-13)15(18,19)20/h1-6,10H,7-8H2. The first-order valence-electron chi connectivity index (χ1n) is 7.23. The van der Waals surface area contributed by atoms with Crippen LogP contribution in [0.15, 0.2) is 41.4 Å². The minimum atomic E-state index is -4.53. The first-order chi connectivity index (χ1) is 12.1. The fraction of sp³-hybridized carbons (Fsp3) is 0.267. The molecule has 1 aromatic heterocycles. The number of ether oxygens (including phenoxy) is 1. The van der Waals surface area contributed by atoms with E-state index in [1.165, 1.54) is 0 Å². The number of halogens is 5. The van der Waals surface area contributed by atoms with Gasteiger partial charge in [0.05, 0.1) is 18.7 Å². The third-order valence-corrected chi connectivity index (χ3v) is 5.57. The van der Waals surface area contributed by atoms with Crippen molar-refractivity contribution in [3.05, 3.63) is 53.7 Å². The lowest BCUT2D eigenvalue weighted by Crippen LogP contribution is -2.56. The quantitative estimate of drug-likeness (QED) is 0.749. The molecule has 140 valence electrons. The molecule has 0 atom stereocenters. The summed E-state index contributed by atoms with van der Waals surface area (Å²) in [5.41, 5.74) is -0.947. The second kappa shape index (κ2) is 6.47. The van der Waals surface area contributed by atoms with Crippen LogP contribution in [0.3, 0.4) is 0 Å². The van der Waals surface area contributed by atoms with E-state index in [9.17, 15) is 30.4 Å². The van der Waals surface area contributed by atoms with Crippen LogP contribution in [-0.4, -0.2) is 36.9 Å². The van der Waals surface area contributed by atoms with Crippen LogP contribution in [0, 0.1) is 11.6 Å². The summed E-state index contributed by atoms with van der Waals surface area (Å²) in [6.45, 7) is -0.419. The lowest BCUT2D eigenvalue weighted by Gasteiger charge is -2.37. The molecule has 1 saturated heterocycles. The number of sulfonamides is 1. The van der Waals surface area contributed by atoms with Crippen molar-refractivity contribution in [2.75, 3.05) is 13.1 Å². The normalized spacial score (nSPS) is 16.3. The van der Waals surface area contributed by atoms with Crippen molar-refractivity contribution >= 4 is 10.0 Å². The number of benzene rings is 1. The van der Waals surface area contributed by atoms with Crippen LogP contribution >= 0.6 is 0 Å². The van der Waals surface area contributed by atoms with Crippen molar-refractivity contribution in [3.8, 4) is 5.88 Å². The Bertz CT molecular complexity index is 890. The molecule has 0 unspecified atom stereocenters. The number of pyridine rings is 1. The zero-order valence-corrected chi connectivity index (χ0v) is 13.7. The van der Waals surface area contributed by atoms with E-state index >= 15 is 0 Å².